The molecular formula is C16H22FN7O2. The minimum Gasteiger partial charge on any atom is -0.348 e. The molecule has 3 rings (SSSR count). The number of likely N-dealkylation sites (tertiary alicyclic amines) is 1. The molecule has 3 heterocycles. The zero-order chi connectivity index (χ0) is 18.8. The van der Waals surface area contributed by atoms with Crippen molar-refractivity contribution < 1.29 is 14.0 Å². The summed E-state index contributed by atoms with van der Waals surface area (Å²) in [6.07, 6.45) is 2.29. The molecule has 0 bridgehead atoms. The van der Waals surface area contributed by atoms with Crippen LogP contribution in [0.1, 0.15) is 41.2 Å². The van der Waals surface area contributed by atoms with Crippen molar-refractivity contribution in [2.45, 2.75) is 45.1 Å². The number of amides is 2. The third-order valence-electron chi connectivity index (χ3n) is 4.15. The van der Waals surface area contributed by atoms with Gasteiger partial charge in [0.05, 0.1) is 25.3 Å². The Kier molecular flexibility index (Phi) is 5.01. The lowest BCUT2D eigenvalue weighted by molar-refractivity contribution is 0.0707. The molecule has 2 atom stereocenters. The number of aryl methyl sites for hydroxylation is 1. The summed E-state index contributed by atoms with van der Waals surface area (Å²) in [4.78, 5) is 26.0. The summed E-state index contributed by atoms with van der Waals surface area (Å²) >= 11 is 0. The van der Waals surface area contributed by atoms with E-state index in [9.17, 15) is 14.0 Å². The van der Waals surface area contributed by atoms with E-state index < -0.39 is 6.17 Å². The maximum atomic E-state index is 14.0. The van der Waals surface area contributed by atoms with Crippen LogP contribution in [-0.2, 0) is 13.6 Å². The SMILES string of the molecule is CC(C)NC(=O)c1cn(CC2CC(F)CN2C(=O)c2ccn(C)n2)nn1. The van der Waals surface area contributed by atoms with Gasteiger partial charge >= 0.3 is 0 Å². The van der Waals surface area contributed by atoms with E-state index in [4.69, 9.17) is 0 Å². The summed E-state index contributed by atoms with van der Waals surface area (Å²) in [5.41, 5.74) is 0.471. The minimum absolute atomic E-state index is 0.0127. The number of hydrogen-bond donors (Lipinski definition) is 1. The number of alkyl halides is 1. The van der Waals surface area contributed by atoms with Gasteiger partial charge in [-0.15, -0.1) is 5.10 Å². The van der Waals surface area contributed by atoms with Crippen molar-refractivity contribution in [2.24, 2.45) is 7.05 Å². The van der Waals surface area contributed by atoms with Gasteiger partial charge in [-0.1, -0.05) is 5.21 Å². The van der Waals surface area contributed by atoms with Crippen molar-refractivity contribution in [3.8, 4) is 0 Å². The average molecular weight is 363 g/mol. The molecule has 2 amide bonds. The molecule has 2 aromatic rings. The van der Waals surface area contributed by atoms with Gasteiger partial charge in [-0.2, -0.15) is 5.10 Å². The van der Waals surface area contributed by atoms with E-state index in [-0.39, 0.29) is 54.8 Å². The number of nitrogens with zero attached hydrogens (tertiary/aromatic N) is 6. The van der Waals surface area contributed by atoms with Crippen molar-refractivity contribution in [1.82, 2.24) is 35.0 Å². The fraction of sp³-hybridized carbons (Fsp3) is 0.562. The molecule has 0 aromatic carbocycles. The van der Waals surface area contributed by atoms with Crippen LogP contribution in [0.2, 0.25) is 0 Å². The Bertz CT molecular complexity index is 800. The molecule has 1 fully saturated rings. The highest BCUT2D eigenvalue weighted by molar-refractivity contribution is 5.93. The molecular weight excluding hydrogens is 341 g/mol. The lowest BCUT2D eigenvalue weighted by Crippen LogP contribution is -2.38. The molecule has 0 radical (unpaired) electrons. The first-order valence-electron chi connectivity index (χ1n) is 8.49. The number of carbonyl (C=O) groups excluding carboxylic acids is 2. The average Bonchev–Trinajstić information content (AvgIpc) is 3.27. The molecule has 1 saturated heterocycles. The van der Waals surface area contributed by atoms with Gasteiger partial charge in [0.15, 0.2) is 5.69 Å². The number of rotatable bonds is 5. The maximum Gasteiger partial charge on any atom is 0.274 e. The van der Waals surface area contributed by atoms with E-state index in [1.807, 2.05) is 13.8 Å². The summed E-state index contributed by atoms with van der Waals surface area (Å²) < 4.78 is 17.0. The molecule has 1 aliphatic rings. The van der Waals surface area contributed by atoms with Crippen LogP contribution < -0.4 is 5.32 Å². The van der Waals surface area contributed by atoms with Gasteiger partial charge in [0, 0.05) is 25.7 Å². The van der Waals surface area contributed by atoms with E-state index in [2.05, 4.69) is 20.7 Å². The van der Waals surface area contributed by atoms with Gasteiger partial charge in [0.2, 0.25) is 0 Å². The second kappa shape index (κ2) is 7.22. The summed E-state index contributed by atoms with van der Waals surface area (Å²) in [5, 5.41) is 14.6. The molecule has 0 aliphatic carbocycles. The Labute approximate surface area is 150 Å². The highest BCUT2D eigenvalue weighted by atomic mass is 19.1. The Morgan fingerprint density at radius 3 is 2.81 bits per heavy atom. The van der Waals surface area contributed by atoms with Crippen LogP contribution in [0.25, 0.3) is 0 Å². The predicted molar refractivity (Wildman–Crippen MR) is 90.2 cm³/mol. The molecule has 10 heteroatoms. The van der Waals surface area contributed by atoms with Crippen LogP contribution in [0, 0.1) is 0 Å². The van der Waals surface area contributed by atoms with E-state index in [1.54, 1.807) is 19.3 Å². The lowest BCUT2D eigenvalue weighted by Gasteiger charge is -2.23. The van der Waals surface area contributed by atoms with Crippen LogP contribution in [0.15, 0.2) is 18.5 Å². The van der Waals surface area contributed by atoms with Gasteiger partial charge in [-0.05, 0) is 19.9 Å². The fourth-order valence-electron chi connectivity index (χ4n) is 3.00. The standard InChI is InChI=1S/C16H22FN7O2/c1-10(2)18-15(25)14-9-23(21-19-14)8-12-6-11(17)7-24(12)16(26)13-4-5-22(3)20-13/h4-5,9-12H,6-8H2,1-3H3,(H,18,25). The summed E-state index contributed by atoms with van der Waals surface area (Å²) in [5.74, 6) is -0.629. The second-order valence-corrected chi connectivity index (χ2v) is 6.77. The summed E-state index contributed by atoms with van der Waals surface area (Å²) in [7, 11) is 1.72. The topological polar surface area (TPSA) is 97.9 Å². The minimum atomic E-state index is -1.10. The Balaban J connectivity index is 1.70. The highest BCUT2D eigenvalue weighted by Crippen LogP contribution is 2.23. The predicted octanol–water partition coefficient (Wildman–Crippen LogP) is 0.403. The van der Waals surface area contributed by atoms with E-state index >= 15 is 0 Å². The Morgan fingerprint density at radius 1 is 1.38 bits per heavy atom. The molecule has 0 saturated carbocycles. The zero-order valence-electron chi connectivity index (χ0n) is 15.0. The van der Waals surface area contributed by atoms with Crippen LogP contribution in [-0.4, -0.2) is 66.3 Å². The third-order valence-corrected chi connectivity index (χ3v) is 4.15. The molecule has 0 spiro atoms. The molecule has 9 nitrogen and oxygen atoms in total. The Morgan fingerprint density at radius 2 is 2.15 bits per heavy atom. The number of nitrogens with one attached hydrogen (secondary N) is 1. The van der Waals surface area contributed by atoms with E-state index in [1.165, 1.54) is 20.5 Å². The van der Waals surface area contributed by atoms with Crippen LogP contribution >= 0.6 is 0 Å². The molecule has 2 aromatic heterocycles. The highest BCUT2D eigenvalue weighted by Gasteiger charge is 2.37. The fourth-order valence-corrected chi connectivity index (χ4v) is 3.00. The Hall–Kier alpha value is -2.78. The monoisotopic (exact) mass is 363 g/mol. The van der Waals surface area contributed by atoms with Gasteiger partial charge in [-0.3, -0.25) is 14.3 Å². The first-order valence-corrected chi connectivity index (χ1v) is 8.49. The molecule has 140 valence electrons. The molecule has 26 heavy (non-hydrogen) atoms. The summed E-state index contributed by atoms with van der Waals surface area (Å²) in [6, 6.07) is 1.22. The number of halogens is 1. The van der Waals surface area contributed by atoms with Gasteiger partial charge in [-0.25, -0.2) is 9.07 Å². The second-order valence-electron chi connectivity index (χ2n) is 6.77. The quantitative estimate of drug-likeness (QED) is 0.829. The zero-order valence-corrected chi connectivity index (χ0v) is 15.0. The van der Waals surface area contributed by atoms with E-state index in [0.29, 0.717) is 0 Å². The van der Waals surface area contributed by atoms with Crippen molar-refractivity contribution in [3.05, 3.63) is 29.8 Å². The summed E-state index contributed by atoms with van der Waals surface area (Å²) in [6.45, 7) is 3.99. The van der Waals surface area contributed by atoms with Crippen molar-refractivity contribution >= 4 is 11.8 Å². The maximum absolute atomic E-state index is 14.0. The van der Waals surface area contributed by atoms with Gasteiger partial charge in [0.1, 0.15) is 11.9 Å². The van der Waals surface area contributed by atoms with E-state index in [0.717, 1.165) is 0 Å². The first kappa shape index (κ1) is 18.0. The van der Waals surface area contributed by atoms with Crippen LogP contribution in [0.3, 0.4) is 0 Å². The number of hydrogen-bond acceptors (Lipinski definition) is 5. The van der Waals surface area contributed by atoms with Crippen molar-refractivity contribution in [1.29, 1.82) is 0 Å². The van der Waals surface area contributed by atoms with Crippen LogP contribution in [0.4, 0.5) is 4.39 Å². The number of carbonyl (C=O) groups is 2. The smallest absolute Gasteiger partial charge is 0.274 e. The van der Waals surface area contributed by atoms with Gasteiger partial charge in [0.25, 0.3) is 11.8 Å². The van der Waals surface area contributed by atoms with Crippen molar-refractivity contribution in [3.63, 3.8) is 0 Å². The normalized spacial score (nSPS) is 20.0. The lowest BCUT2D eigenvalue weighted by atomic mass is 10.2. The third kappa shape index (κ3) is 3.89. The molecule has 1 N–H and O–H groups in total. The number of aromatic nitrogens is 5. The van der Waals surface area contributed by atoms with Crippen molar-refractivity contribution in [2.75, 3.05) is 6.54 Å². The largest absolute Gasteiger partial charge is 0.348 e. The molecule has 1 aliphatic heterocycles. The first-order chi connectivity index (χ1) is 12.3. The molecule has 2 unspecified atom stereocenters. The van der Waals surface area contributed by atoms with Crippen LogP contribution in [0.5, 0.6) is 0 Å². The van der Waals surface area contributed by atoms with Gasteiger partial charge < -0.3 is 10.2 Å².